The number of piperazine rings is 1. The van der Waals surface area contributed by atoms with E-state index in [1.165, 1.54) is 16.8 Å². The summed E-state index contributed by atoms with van der Waals surface area (Å²) in [6, 6.07) is 6.09. The number of carbonyl (C=O) groups is 1. The molecule has 1 saturated heterocycles. The first kappa shape index (κ1) is 17.2. The van der Waals surface area contributed by atoms with Crippen LogP contribution in [0, 0.1) is 12.7 Å². The Labute approximate surface area is 145 Å². The molecule has 1 aliphatic heterocycles. The second-order valence-corrected chi connectivity index (χ2v) is 5.95. The molecule has 0 radical (unpaired) electrons. The molecule has 1 aromatic heterocycles. The van der Waals surface area contributed by atoms with Gasteiger partial charge in [0.05, 0.1) is 0 Å². The van der Waals surface area contributed by atoms with Gasteiger partial charge in [-0.25, -0.2) is 4.39 Å². The van der Waals surface area contributed by atoms with Crippen molar-refractivity contribution in [3.05, 3.63) is 41.5 Å². The molecule has 1 aromatic carbocycles. The fourth-order valence-corrected chi connectivity index (χ4v) is 2.85. The molecule has 0 aliphatic carbocycles. The van der Waals surface area contributed by atoms with E-state index in [2.05, 4.69) is 27.3 Å². The van der Waals surface area contributed by atoms with E-state index in [0.717, 1.165) is 19.6 Å². The van der Waals surface area contributed by atoms with E-state index in [1.54, 1.807) is 30.0 Å². The Balaban J connectivity index is 1.92. The first-order valence-electron chi connectivity index (χ1n) is 8.32. The normalized spacial score (nSPS) is 16.3. The van der Waals surface area contributed by atoms with Crippen LogP contribution in [0.3, 0.4) is 0 Å². The van der Waals surface area contributed by atoms with Gasteiger partial charge in [0.2, 0.25) is 0 Å². The van der Waals surface area contributed by atoms with Crippen LogP contribution in [-0.2, 0) is 4.79 Å². The zero-order valence-corrected chi connectivity index (χ0v) is 14.4. The number of aryl methyl sites for hydroxylation is 1. The zero-order chi connectivity index (χ0) is 17.8. The fourth-order valence-electron chi connectivity index (χ4n) is 2.85. The van der Waals surface area contributed by atoms with Gasteiger partial charge in [-0.3, -0.25) is 4.79 Å². The highest BCUT2D eigenvalue weighted by Crippen LogP contribution is 2.17. The van der Waals surface area contributed by atoms with Gasteiger partial charge in [0.1, 0.15) is 11.5 Å². The molecular weight excluding hydrogens is 323 g/mol. The third kappa shape index (κ3) is 3.90. The molecular formula is C17H21FN6O. The van der Waals surface area contributed by atoms with Gasteiger partial charge in [0.25, 0.3) is 5.91 Å². The van der Waals surface area contributed by atoms with Crippen molar-refractivity contribution in [1.82, 2.24) is 30.0 Å². The number of benzene rings is 1. The van der Waals surface area contributed by atoms with Crippen LogP contribution in [0.2, 0.25) is 0 Å². The molecule has 25 heavy (non-hydrogen) atoms. The number of carbonyl (C=O) groups excluding carboxylic acids is 1. The van der Waals surface area contributed by atoms with Crippen molar-refractivity contribution in [2.75, 3.05) is 32.7 Å². The molecule has 1 fully saturated rings. The monoisotopic (exact) mass is 344 g/mol. The van der Waals surface area contributed by atoms with Crippen molar-refractivity contribution in [3.8, 4) is 0 Å². The van der Waals surface area contributed by atoms with Crippen LogP contribution in [0.5, 0.6) is 0 Å². The summed E-state index contributed by atoms with van der Waals surface area (Å²) < 4.78 is 14.9. The Bertz CT molecular complexity index is 779. The van der Waals surface area contributed by atoms with Crippen molar-refractivity contribution in [3.63, 3.8) is 0 Å². The summed E-state index contributed by atoms with van der Waals surface area (Å²) in [6.07, 6.45) is 1.63. The van der Waals surface area contributed by atoms with Crippen LogP contribution < -0.4 is 0 Å². The average Bonchev–Trinajstić information content (AvgIpc) is 3.05. The molecule has 3 rings (SSSR count). The molecule has 1 aliphatic rings. The molecule has 8 heteroatoms. The number of hydrogen-bond acceptors (Lipinski definition) is 5. The van der Waals surface area contributed by atoms with E-state index in [0.29, 0.717) is 30.2 Å². The molecule has 0 bridgehead atoms. The topological polar surface area (TPSA) is 67.2 Å². The van der Waals surface area contributed by atoms with Gasteiger partial charge in [0.15, 0.2) is 5.82 Å². The highest BCUT2D eigenvalue weighted by molar-refractivity contribution is 6.18. The minimum atomic E-state index is -0.356. The maximum atomic E-state index is 13.5. The van der Waals surface area contributed by atoms with Crippen molar-refractivity contribution in [1.29, 1.82) is 0 Å². The molecule has 7 nitrogen and oxygen atoms in total. The number of aromatic nitrogens is 4. The lowest BCUT2D eigenvalue weighted by molar-refractivity contribution is -0.127. The summed E-state index contributed by atoms with van der Waals surface area (Å²) in [4.78, 5) is 17.1. The second kappa shape index (κ2) is 7.52. The van der Waals surface area contributed by atoms with Gasteiger partial charge >= 0.3 is 0 Å². The largest absolute Gasteiger partial charge is 0.335 e. The first-order valence-corrected chi connectivity index (χ1v) is 8.32. The Hall–Kier alpha value is -2.61. The van der Waals surface area contributed by atoms with Crippen LogP contribution in [0.15, 0.2) is 24.3 Å². The van der Waals surface area contributed by atoms with Gasteiger partial charge in [0, 0.05) is 26.2 Å². The summed E-state index contributed by atoms with van der Waals surface area (Å²) in [5.41, 5.74) is 0.906. The van der Waals surface area contributed by atoms with Gasteiger partial charge < -0.3 is 9.80 Å². The molecule has 2 heterocycles. The quantitative estimate of drug-likeness (QED) is 0.782. The maximum absolute atomic E-state index is 13.5. The van der Waals surface area contributed by atoms with E-state index >= 15 is 0 Å². The second-order valence-electron chi connectivity index (χ2n) is 5.95. The summed E-state index contributed by atoms with van der Waals surface area (Å²) in [7, 11) is 0. The van der Waals surface area contributed by atoms with Crippen LogP contribution in [-0.4, -0.2) is 68.6 Å². The van der Waals surface area contributed by atoms with E-state index in [1.807, 2.05) is 0 Å². The predicted octanol–water partition coefficient (Wildman–Crippen LogP) is 1.28. The van der Waals surface area contributed by atoms with E-state index in [-0.39, 0.29) is 11.7 Å². The summed E-state index contributed by atoms with van der Waals surface area (Å²) >= 11 is 0. The van der Waals surface area contributed by atoms with Crippen LogP contribution in [0.4, 0.5) is 4.39 Å². The number of nitrogens with zero attached hydrogens (tertiary/aromatic N) is 6. The summed E-state index contributed by atoms with van der Waals surface area (Å²) in [5.74, 6) is -0.0100. The Morgan fingerprint density at radius 2 is 2.04 bits per heavy atom. The van der Waals surface area contributed by atoms with E-state index in [4.69, 9.17) is 0 Å². The fraction of sp³-hybridized carbons (Fsp3) is 0.412. The van der Waals surface area contributed by atoms with Crippen molar-refractivity contribution in [2.45, 2.75) is 13.8 Å². The molecule has 132 valence electrons. The molecule has 1 amide bonds. The number of amides is 1. The Kier molecular flexibility index (Phi) is 5.18. The number of rotatable bonds is 4. The van der Waals surface area contributed by atoms with E-state index in [9.17, 15) is 9.18 Å². The zero-order valence-electron chi connectivity index (χ0n) is 14.4. The van der Waals surface area contributed by atoms with E-state index < -0.39 is 0 Å². The third-order valence-electron chi connectivity index (χ3n) is 4.33. The smallest absolute Gasteiger partial charge is 0.272 e. The Morgan fingerprint density at radius 3 is 2.64 bits per heavy atom. The number of likely N-dealkylation sites (N-methyl/N-ethyl adjacent to an activating group) is 1. The molecule has 0 unspecified atom stereocenters. The first-order chi connectivity index (χ1) is 12.1. The van der Waals surface area contributed by atoms with Gasteiger partial charge in [-0.05, 0) is 47.7 Å². The SMILES string of the molecule is CCN1CCN(C(=O)/C(=C\c2cccc(F)c2)n2nnnc2C)CC1. The van der Waals surface area contributed by atoms with Crippen molar-refractivity contribution >= 4 is 17.7 Å². The standard InChI is InChI=1S/C17H21FN6O/c1-3-22-7-9-23(10-8-22)17(25)16(24-13(2)19-20-21-24)12-14-5-4-6-15(18)11-14/h4-6,11-12H,3,7-10H2,1-2H3/b16-12+. The summed E-state index contributed by atoms with van der Waals surface area (Å²) in [6.45, 7) is 7.77. The Morgan fingerprint density at radius 1 is 1.28 bits per heavy atom. The van der Waals surface area contributed by atoms with Gasteiger partial charge in [-0.15, -0.1) is 5.10 Å². The van der Waals surface area contributed by atoms with Crippen LogP contribution in [0.25, 0.3) is 11.8 Å². The lowest BCUT2D eigenvalue weighted by atomic mass is 10.1. The van der Waals surface area contributed by atoms with Crippen LogP contribution in [0.1, 0.15) is 18.3 Å². The molecule has 0 atom stereocenters. The predicted molar refractivity (Wildman–Crippen MR) is 91.8 cm³/mol. The maximum Gasteiger partial charge on any atom is 0.272 e. The summed E-state index contributed by atoms with van der Waals surface area (Å²) in [5, 5.41) is 11.4. The molecule has 0 N–H and O–H groups in total. The number of tetrazole rings is 1. The minimum absolute atomic E-state index is 0.157. The molecule has 2 aromatic rings. The highest BCUT2D eigenvalue weighted by Gasteiger charge is 2.25. The number of hydrogen-bond donors (Lipinski definition) is 0. The average molecular weight is 344 g/mol. The third-order valence-corrected chi connectivity index (χ3v) is 4.33. The molecule has 0 spiro atoms. The molecule has 0 saturated carbocycles. The lowest BCUT2D eigenvalue weighted by Crippen LogP contribution is -2.49. The van der Waals surface area contributed by atoms with Gasteiger partial charge in [-0.1, -0.05) is 19.1 Å². The number of halogens is 1. The van der Waals surface area contributed by atoms with Crippen molar-refractivity contribution in [2.24, 2.45) is 0 Å². The lowest BCUT2D eigenvalue weighted by Gasteiger charge is -2.34. The van der Waals surface area contributed by atoms with Crippen molar-refractivity contribution < 1.29 is 9.18 Å². The van der Waals surface area contributed by atoms with Crippen LogP contribution >= 0.6 is 0 Å². The minimum Gasteiger partial charge on any atom is -0.335 e. The highest BCUT2D eigenvalue weighted by atomic mass is 19.1. The van der Waals surface area contributed by atoms with Gasteiger partial charge in [-0.2, -0.15) is 4.68 Å².